The van der Waals surface area contributed by atoms with Gasteiger partial charge in [0.1, 0.15) is 5.84 Å². The van der Waals surface area contributed by atoms with Crippen LogP contribution in [-0.2, 0) is 10.0 Å². The molecule has 1 saturated heterocycles. The summed E-state index contributed by atoms with van der Waals surface area (Å²) in [6, 6.07) is 0. The van der Waals surface area contributed by atoms with Crippen LogP contribution in [0.3, 0.4) is 0 Å². The number of sulfonamides is 1. The zero-order valence-corrected chi connectivity index (χ0v) is 12.7. The molecule has 1 rings (SSSR count). The second-order valence-electron chi connectivity index (χ2n) is 5.62. The molecular formula is C11H24N4O3S. The van der Waals surface area contributed by atoms with E-state index in [1.165, 1.54) is 10.6 Å². The smallest absolute Gasteiger partial charge is 0.211 e. The second kappa shape index (κ2) is 6.06. The van der Waals surface area contributed by atoms with Crippen LogP contribution in [0.15, 0.2) is 5.16 Å². The Morgan fingerprint density at radius 3 is 2.26 bits per heavy atom. The summed E-state index contributed by atoms with van der Waals surface area (Å²) in [6.07, 6.45) is 2.01. The fourth-order valence-electron chi connectivity index (χ4n) is 1.99. The van der Waals surface area contributed by atoms with E-state index in [4.69, 9.17) is 10.9 Å². The molecule has 1 aliphatic heterocycles. The van der Waals surface area contributed by atoms with E-state index in [0.717, 1.165) is 26.1 Å². The molecule has 0 atom stereocenters. The number of piperazine rings is 1. The number of hydrogen-bond acceptors (Lipinski definition) is 5. The largest absolute Gasteiger partial charge is 0.409 e. The number of amidine groups is 1. The van der Waals surface area contributed by atoms with Gasteiger partial charge in [-0.2, -0.15) is 4.31 Å². The molecule has 1 heterocycles. The first-order valence-corrected chi connectivity index (χ1v) is 8.17. The first-order chi connectivity index (χ1) is 8.66. The Balaban J connectivity index is 2.43. The summed E-state index contributed by atoms with van der Waals surface area (Å²) < 4.78 is 24.3. The van der Waals surface area contributed by atoms with Gasteiger partial charge in [0.05, 0.1) is 6.26 Å². The maximum absolute atomic E-state index is 11.4. The minimum absolute atomic E-state index is 0.224. The molecule has 0 aromatic rings. The number of nitrogens with two attached hydrogens (primary N) is 1. The van der Waals surface area contributed by atoms with Crippen molar-refractivity contribution in [1.29, 1.82) is 0 Å². The van der Waals surface area contributed by atoms with Gasteiger partial charge in [0.2, 0.25) is 10.0 Å². The van der Waals surface area contributed by atoms with Gasteiger partial charge in [-0.15, -0.1) is 0 Å². The summed E-state index contributed by atoms with van der Waals surface area (Å²) in [5.74, 6) is 0.224. The molecule has 0 bridgehead atoms. The fraction of sp³-hybridized carbons (Fsp3) is 0.909. The second-order valence-corrected chi connectivity index (χ2v) is 7.61. The molecule has 0 saturated carbocycles. The van der Waals surface area contributed by atoms with E-state index < -0.39 is 10.0 Å². The molecule has 1 fully saturated rings. The zero-order valence-electron chi connectivity index (χ0n) is 11.8. The van der Waals surface area contributed by atoms with E-state index >= 15 is 0 Å². The molecule has 3 N–H and O–H groups in total. The average Bonchev–Trinajstić information content (AvgIpc) is 2.35. The Labute approximate surface area is 115 Å². The Morgan fingerprint density at radius 1 is 1.32 bits per heavy atom. The summed E-state index contributed by atoms with van der Waals surface area (Å²) in [5.41, 5.74) is 5.28. The third-order valence-electron chi connectivity index (χ3n) is 3.65. The molecular weight excluding hydrogens is 268 g/mol. The SMILES string of the molecule is CC(C)(CCN1CCN(S(C)(=O)=O)CC1)C(N)=NO. The van der Waals surface area contributed by atoms with Gasteiger partial charge in [0.15, 0.2) is 0 Å². The zero-order chi connectivity index (χ0) is 14.7. The molecule has 0 aliphatic carbocycles. The number of rotatable bonds is 5. The molecule has 0 aromatic heterocycles. The standard InChI is InChI=1S/C11H24N4O3S/c1-11(2,10(12)13-16)4-5-14-6-8-15(9-7-14)19(3,17)18/h16H,4-9H2,1-3H3,(H2,12,13). The fourth-order valence-corrected chi connectivity index (χ4v) is 2.81. The molecule has 8 heteroatoms. The lowest BCUT2D eigenvalue weighted by molar-refractivity contribution is 0.174. The quantitative estimate of drug-likeness (QED) is 0.314. The van der Waals surface area contributed by atoms with E-state index in [1.807, 2.05) is 13.8 Å². The molecule has 0 spiro atoms. The number of hydrogen-bond donors (Lipinski definition) is 2. The predicted molar refractivity (Wildman–Crippen MR) is 74.7 cm³/mol. The van der Waals surface area contributed by atoms with Crippen LogP contribution in [0.4, 0.5) is 0 Å². The van der Waals surface area contributed by atoms with Crippen molar-refractivity contribution in [2.75, 3.05) is 39.0 Å². The van der Waals surface area contributed by atoms with Gasteiger partial charge in [-0.3, -0.25) is 0 Å². The summed E-state index contributed by atoms with van der Waals surface area (Å²) in [5, 5.41) is 11.8. The molecule has 0 unspecified atom stereocenters. The normalized spacial score (nSPS) is 20.7. The molecule has 1 aliphatic rings. The molecule has 7 nitrogen and oxygen atoms in total. The highest BCUT2D eigenvalue weighted by atomic mass is 32.2. The minimum atomic E-state index is -3.08. The van der Waals surface area contributed by atoms with Crippen LogP contribution in [-0.4, -0.2) is 67.6 Å². The first-order valence-electron chi connectivity index (χ1n) is 6.32. The van der Waals surface area contributed by atoms with Crippen LogP contribution in [0.25, 0.3) is 0 Å². The molecule has 0 radical (unpaired) electrons. The van der Waals surface area contributed by atoms with Gasteiger partial charge in [0.25, 0.3) is 0 Å². The van der Waals surface area contributed by atoms with E-state index in [1.54, 1.807) is 0 Å². The summed E-state index contributed by atoms with van der Waals surface area (Å²) in [7, 11) is -3.08. The van der Waals surface area contributed by atoms with Crippen LogP contribution in [0, 0.1) is 5.41 Å². The van der Waals surface area contributed by atoms with Crippen molar-refractivity contribution in [1.82, 2.24) is 9.21 Å². The third-order valence-corrected chi connectivity index (χ3v) is 4.96. The van der Waals surface area contributed by atoms with Gasteiger partial charge in [-0.25, -0.2) is 8.42 Å². The summed E-state index contributed by atoms with van der Waals surface area (Å²) in [4.78, 5) is 2.20. The van der Waals surface area contributed by atoms with Crippen molar-refractivity contribution in [3.8, 4) is 0 Å². The van der Waals surface area contributed by atoms with Crippen molar-refractivity contribution in [2.24, 2.45) is 16.3 Å². The lowest BCUT2D eigenvalue weighted by Gasteiger charge is -2.35. The van der Waals surface area contributed by atoms with E-state index in [-0.39, 0.29) is 11.3 Å². The molecule has 19 heavy (non-hydrogen) atoms. The van der Waals surface area contributed by atoms with Crippen molar-refractivity contribution < 1.29 is 13.6 Å². The Bertz CT molecular complexity index is 425. The maximum atomic E-state index is 11.4. The minimum Gasteiger partial charge on any atom is -0.409 e. The van der Waals surface area contributed by atoms with Crippen LogP contribution in [0.5, 0.6) is 0 Å². The Hall–Kier alpha value is -0.860. The number of oxime groups is 1. The van der Waals surface area contributed by atoms with Crippen molar-refractivity contribution in [3.63, 3.8) is 0 Å². The van der Waals surface area contributed by atoms with Crippen LogP contribution >= 0.6 is 0 Å². The van der Waals surface area contributed by atoms with Gasteiger partial charge < -0.3 is 15.8 Å². The van der Waals surface area contributed by atoms with E-state index in [2.05, 4.69) is 10.1 Å². The highest BCUT2D eigenvalue weighted by Crippen LogP contribution is 2.21. The summed E-state index contributed by atoms with van der Waals surface area (Å²) in [6.45, 7) is 7.16. The van der Waals surface area contributed by atoms with Gasteiger partial charge in [0, 0.05) is 31.6 Å². The highest BCUT2D eigenvalue weighted by molar-refractivity contribution is 7.88. The van der Waals surface area contributed by atoms with Crippen molar-refractivity contribution in [2.45, 2.75) is 20.3 Å². The molecule has 0 aromatic carbocycles. The summed E-state index contributed by atoms with van der Waals surface area (Å²) >= 11 is 0. The lowest BCUT2D eigenvalue weighted by atomic mass is 9.88. The average molecular weight is 292 g/mol. The number of nitrogens with zero attached hydrogens (tertiary/aromatic N) is 3. The van der Waals surface area contributed by atoms with Crippen molar-refractivity contribution in [3.05, 3.63) is 0 Å². The highest BCUT2D eigenvalue weighted by Gasteiger charge is 2.27. The first kappa shape index (κ1) is 16.2. The predicted octanol–water partition coefficient (Wildman–Crippen LogP) is -0.274. The van der Waals surface area contributed by atoms with Gasteiger partial charge in [-0.05, 0) is 13.0 Å². The van der Waals surface area contributed by atoms with Crippen LogP contribution in [0.1, 0.15) is 20.3 Å². The van der Waals surface area contributed by atoms with Gasteiger partial charge in [-0.1, -0.05) is 19.0 Å². The van der Waals surface area contributed by atoms with Crippen LogP contribution < -0.4 is 5.73 Å². The van der Waals surface area contributed by atoms with E-state index in [0.29, 0.717) is 13.1 Å². The van der Waals surface area contributed by atoms with Crippen molar-refractivity contribution >= 4 is 15.9 Å². The molecule has 0 amide bonds. The Kier molecular flexibility index (Phi) is 5.17. The van der Waals surface area contributed by atoms with Crippen LogP contribution in [0.2, 0.25) is 0 Å². The van der Waals surface area contributed by atoms with Gasteiger partial charge >= 0.3 is 0 Å². The lowest BCUT2D eigenvalue weighted by Crippen LogP contribution is -2.49. The topological polar surface area (TPSA) is 99.2 Å². The Morgan fingerprint density at radius 2 is 1.84 bits per heavy atom. The van der Waals surface area contributed by atoms with E-state index in [9.17, 15) is 8.42 Å². The third kappa shape index (κ3) is 4.63. The molecule has 112 valence electrons. The maximum Gasteiger partial charge on any atom is 0.211 e. The monoisotopic (exact) mass is 292 g/mol.